The Balaban J connectivity index is 1.75. The van der Waals surface area contributed by atoms with Crippen LogP contribution in [-0.2, 0) is 27.2 Å². The molecule has 2 aromatic rings. The second-order valence-corrected chi connectivity index (χ2v) is 10.6. The lowest BCUT2D eigenvalue weighted by Crippen LogP contribution is -2.28. The number of carbonyl (C=O) groups is 1. The lowest BCUT2D eigenvalue weighted by Gasteiger charge is -2.28. The highest BCUT2D eigenvalue weighted by molar-refractivity contribution is 7.99. The van der Waals surface area contributed by atoms with Gasteiger partial charge in [0, 0.05) is 25.2 Å². The van der Waals surface area contributed by atoms with Gasteiger partial charge in [-0.25, -0.2) is 9.78 Å². The number of benzene rings is 1. The monoisotopic (exact) mass is 529 g/mol. The summed E-state index contributed by atoms with van der Waals surface area (Å²) < 4.78 is 11.3. The maximum absolute atomic E-state index is 13.3. The highest BCUT2D eigenvalue weighted by atomic mass is 32.2. The average molecular weight is 530 g/mol. The normalized spacial score (nSPS) is 17.5. The van der Waals surface area contributed by atoms with Crippen molar-refractivity contribution < 1.29 is 14.3 Å². The number of esters is 1. The molecule has 8 nitrogen and oxygen atoms in total. The van der Waals surface area contributed by atoms with Gasteiger partial charge >= 0.3 is 5.97 Å². The molecule has 0 bridgehead atoms. The van der Waals surface area contributed by atoms with Crippen LogP contribution in [0.5, 0.6) is 0 Å². The first-order valence-electron chi connectivity index (χ1n) is 12.6. The second kappa shape index (κ2) is 11.7. The van der Waals surface area contributed by atoms with Gasteiger partial charge in [0.2, 0.25) is 5.88 Å². The molecule has 2 N–H and O–H groups in total. The minimum Gasteiger partial charge on any atom is -0.463 e. The van der Waals surface area contributed by atoms with E-state index in [0.29, 0.717) is 22.3 Å². The molecule has 2 aliphatic rings. The maximum atomic E-state index is 13.3. The smallest absolute Gasteiger partial charge is 0.338 e. The van der Waals surface area contributed by atoms with E-state index >= 15 is 0 Å². The molecule has 9 heteroatoms. The van der Waals surface area contributed by atoms with Gasteiger partial charge in [0.1, 0.15) is 28.5 Å². The van der Waals surface area contributed by atoms with E-state index in [-0.39, 0.29) is 29.4 Å². The predicted molar refractivity (Wildman–Crippen MR) is 145 cm³/mol. The van der Waals surface area contributed by atoms with Crippen molar-refractivity contribution in [3.63, 3.8) is 0 Å². The molecular weight excluding hydrogens is 498 g/mol. The number of nitrogens with two attached hydrogens (primary N) is 1. The van der Waals surface area contributed by atoms with Gasteiger partial charge in [0.15, 0.2) is 0 Å². The number of rotatable bonds is 7. The summed E-state index contributed by atoms with van der Waals surface area (Å²) in [6.45, 7) is 7.74. The molecule has 2 aliphatic heterocycles. The van der Waals surface area contributed by atoms with Crippen LogP contribution in [-0.4, -0.2) is 41.8 Å². The zero-order valence-electron chi connectivity index (χ0n) is 22.1. The number of pyridine rings is 1. The van der Waals surface area contributed by atoms with Crippen molar-refractivity contribution in [2.75, 3.05) is 26.0 Å². The van der Waals surface area contributed by atoms with Crippen LogP contribution in [0.15, 0.2) is 58.1 Å². The molecule has 1 aromatic carbocycles. The third kappa shape index (κ3) is 5.55. The molecule has 38 heavy (non-hydrogen) atoms. The molecule has 0 saturated carbocycles. The van der Waals surface area contributed by atoms with E-state index in [1.54, 1.807) is 6.92 Å². The van der Waals surface area contributed by atoms with E-state index in [2.05, 4.69) is 30.9 Å². The van der Waals surface area contributed by atoms with Crippen molar-refractivity contribution >= 4 is 17.7 Å². The number of fused-ring (bicyclic) bond motifs is 1. The lowest BCUT2D eigenvalue weighted by atomic mass is 9.82. The summed E-state index contributed by atoms with van der Waals surface area (Å²) in [4.78, 5) is 20.3. The summed E-state index contributed by atoms with van der Waals surface area (Å²) in [6, 6.07) is 14.1. The number of ether oxygens (including phenoxy) is 2. The molecule has 4 rings (SSSR count). The standard InChI is InChI=1S/C29H31N5O3S/c1-5-36-29(35)26-24(16-38-28-20(13-30)12-21-15-34(4)11-10-23(21)33-28)37-27(32)22(14-31)25(26)19-8-6-18(7-9-19)17(2)3/h6-9,12,17,25H,5,10-11,15-16,32H2,1-4H3. The van der Waals surface area contributed by atoms with Crippen molar-refractivity contribution in [3.05, 3.63) is 81.1 Å². The third-order valence-electron chi connectivity index (χ3n) is 6.72. The molecule has 0 fully saturated rings. The highest BCUT2D eigenvalue weighted by Gasteiger charge is 2.37. The van der Waals surface area contributed by atoms with Gasteiger partial charge in [-0.05, 0) is 42.6 Å². The highest BCUT2D eigenvalue weighted by Crippen LogP contribution is 2.41. The Bertz CT molecular complexity index is 1380. The van der Waals surface area contributed by atoms with Crippen LogP contribution in [0.25, 0.3) is 0 Å². The first kappa shape index (κ1) is 27.3. The Hall–Kier alpha value is -3.79. The molecule has 1 atom stereocenters. The van der Waals surface area contributed by atoms with Crippen LogP contribution in [0.4, 0.5) is 0 Å². The Morgan fingerprint density at radius 3 is 2.66 bits per heavy atom. The van der Waals surface area contributed by atoms with Crippen molar-refractivity contribution in [2.45, 2.75) is 50.6 Å². The largest absolute Gasteiger partial charge is 0.463 e. The summed E-state index contributed by atoms with van der Waals surface area (Å²) in [5.41, 5.74) is 11.0. The molecule has 1 unspecified atom stereocenters. The van der Waals surface area contributed by atoms with Gasteiger partial charge < -0.3 is 20.1 Å². The van der Waals surface area contributed by atoms with Crippen LogP contribution in [0, 0.1) is 22.7 Å². The number of hydrogen-bond acceptors (Lipinski definition) is 9. The fraction of sp³-hybridized carbons (Fsp3) is 0.379. The molecular formula is C29H31N5O3S. The number of carbonyl (C=O) groups excluding carboxylic acids is 1. The molecule has 0 saturated heterocycles. The molecule has 196 valence electrons. The third-order valence-corrected chi connectivity index (χ3v) is 7.71. The maximum Gasteiger partial charge on any atom is 0.338 e. The summed E-state index contributed by atoms with van der Waals surface area (Å²) in [7, 11) is 2.04. The van der Waals surface area contributed by atoms with Crippen LogP contribution >= 0.6 is 11.8 Å². The average Bonchev–Trinajstić information content (AvgIpc) is 2.91. The molecule has 0 spiro atoms. The molecule has 3 heterocycles. The van der Waals surface area contributed by atoms with Crippen molar-refractivity contribution in [3.8, 4) is 12.1 Å². The van der Waals surface area contributed by atoms with Gasteiger partial charge in [-0.2, -0.15) is 10.5 Å². The van der Waals surface area contributed by atoms with Crippen LogP contribution in [0.1, 0.15) is 60.6 Å². The summed E-state index contributed by atoms with van der Waals surface area (Å²) in [5.74, 6) is -0.521. The van der Waals surface area contributed by atoms with Crippen LogP contribution in [0.2, 0.25) is 0 Å². The van der Waals surface area contributed by atoms with Crippen molar-refractivity contribution in [2.24, 2.45) is 5.73 Å². The topological polar surface area (TPSA) is 125 Å². The van der Waals surface area contributed by atoms with E-state index in [1.807, 2.05) is 37.4 Å². The number of nitrogens with zero attached hydrogens (tertiary/aromatic N) is 4. The summed E-state index contributed by atoms with van der Waals surface area (Å²) >= 11 is 1.31. The first-order valence-corrected chi connectivity index (χ1v) is 13.6. The fourth-order valence-electron chi connectivity index (χ4n) is 4.68. The molecule has 0 amide bonds. The van der Waals surface area contributed by atoms with Gasteiger partial charge in [-0.3, -0.25) is 0 Å². The lowest BCUT2D eigenvalue weighted by molar-refractivity contribution is -0.139. The minimum atomic E-state index is -0.730. The van der Waals surface area contributed by atoms with Crippen LogP contribution < -0.4 is 5.73 Å². The van der Waals surface area contributed by atoms with Crippen molar-refractivity contribution in [1.82, 2.24) is 9.88 Å². The van der Waals surface area contributed by atoms with E-state index in [1.165, 1.54) is 11.8 Å². The van der Waals surface area contributed by atoms with E-state index in [4.69, 9.17) is 20.2 Å². The fourth-order valence-corrected chi connectivity index (χ4v) is 5.60. The quantitative estimate of drug-likeness (QED) is 0.408. The SMILES string of the molecule is CCOC(=O)C1=C(CSc2nc3c(cc2C#N)CN(C)CC3)OC(N)=C(C#N)C1c1ccc(C(C)C)cc1. The first-order chi connectivity index (χ1) is 18.3. The Morgan fingerprint density at radius 1 is 1.29 bits per heavy atom. The van der Waals surface area contributed by atoms with Crippen molar-refractivity contribution in [1.29, 1.82) is 10.5 Å². The molecule has 0 radical (unpaired) electrons. The second-order valence-electron chi connectivity index (χ2n) is 9.64. The summed E-state index contributed by atoms with van der Waals surface area (Å²) in [6.07, 6.45) is 0.800. The zero-order valence-corrected chi connectivity index (χ0v) is 22.9. The number of thioether (sulfide) groups is 1. The Morgan fingerprint density at radius 2 is 2.03 bits per heavy atom. The van der Waals surface area contributed by atoms with Gasteiger partial charge in [0.25, 0.3) is 0 Å². The number of nitriles is 2. The number of allylic oxidation sites excluding steroid dienone is 1. The number of hydrogen-bond donors (Lipinski definition) is 1. The van der Waals surface area contributed by atoms with Gasteiger partial charge in [0.05, 0.1) is 29.4 Å². The van der Waals surface area contributed by atoms with E-state index in [0.717, 1.165) is 41.9 Å². The van der Waals surface area contributed by atoms with Gasteiger partial charge in [-0.15, -0.1) is 0 Å². The van der Waals surface area contributed by atoms with Gasteiger partial charge in [-0.1, -0.05) is 49.9 Å². The summed E-state index contributed by atoms with van der Waals surface area (Å²) in [5, 5.41) is 20.3. The Labute approximate surface area is 227 Å². The minimum absolute atomic E-state index is 0.0453. The molecule has 1 aromatic heterocycles. The number of likely N-dealkylation sites (N-methyl/N-ethyl adjacent to an activating group) is 1. The zero-order chi connectivity index (χ0) is 27.4. The predicted octanol–water partition coefficient (Wildman–Crippen LogP) is 4.48. The Kier molecular flexibility index (Phi) is 8.41. The number of aromatic nitrogens is 1. The van der Waals surface area contributed by atoms with Crippen LogP contribution in [0.3, 0.4) is 0 Å². The van der Waals surface area contributed by atoms with E-state index < -0.39 is 11.9 Å². The van der Waals surface area contributed by atoms with E-state index in [9.17, 15) is 15.3 Å². The molecule has 0 aliphatic carbocycles.